The van der Waals surface area contributed by atoms with Crippen molar-refractivity contribution < 1.29 is 9.53 Å². The number of rotatable bonds is 7. The monoisotopic (exact) mass is 318 g/mol. The Morgan fingerprint density at radius 1 is 1.45 bits per heavy atom. The molecule has 1 N–H and O–H groups in total. The van der Waals surface area contributed by atoms with E-state index in [1.807, 2.05) is 36.6 Å². The Kier molecular flexibility index (Phi) is 5.95. The molecule has 0 saturated carbocycles. The molecule has 5 heteroatoms. The SMILES string of the molecule is CCC(C)NC(=O)CCc1csc(-c2cccc(OC)c2)n1. The number of amides is 1. The Bertz CT molecular complexity index is 625. The van der Waals surface area contributed by atoms with Crippen molar-refractivity contribution in [1.82, 2.24) is 10.3 Å². The van der Waals surface area contributed by atoms with Crippen LogP contribution in [-0.4, -0.2) is 24.0 Å². The van der Waals surface area contributed by atoms with Crippen LogP contribution in [0.2, 0.25) is 0 Å². The lowest BCUT2D eigenvalue weighted by Gasteiger charge is -2.10. The van der Waals surface area contributed by atoms with Gasteiger partial charge in [0.15, 0.2) is 0 Å². The highest BCUT2D eigenvalue weighted by Gasteiger charge is 2.09. The van der Waals surface area contributed by atoms with Crippen LogP contribution in [0.1, 0.15) is 32.4 Å². The number of aromatic nitrogens is 1. The molecular weight excluding hydrogens is 296 g/mol. The Morgan fingerprint density at radius 3 is 3.00 bits per heavy atom. The molecule has 0 radical (unpaired) electrons. The van der Waals surface area contributed by atoms with Crippen molar-refractivity contribution in [1.29, 1.82) is 0 Å². The zero-order valence-electron chi connectivity index (χ0n) is 13.3. The third-order valence-corrected chi connectivity index (χ3v) is 4.44. The van der Waals surface area contributed by atoms with E-state index in [1.54, 1.807) is 18.4 Å². The standard InChI is InChI=1S/C17H22N2O2S/c1-4-12(2)18-16(20)9-8-14-11-22-17(19-14)13-6-5-7-15(10-13)21-3/h5-7,10-12H,4,8-9H2,1-3H3,(H,18,20). The van der Waals surface area contributed by atoms with Gasteiger partial charge in [0.05, 0.1) is 12.8 Å². The quantitative estimate of drug-likeness (QED) is 0.847. The average Bonchev–Trinajstić information content (AvgIpc) is 3.02. The summed E-state index contributed by atoms with van der Waals surface area (Å²) in [6.07, 6.45) is 2.09. The van der Waals surface area contributed by atoms with Crippen molar-refractivity contribution >= 4 is 17.2 Å². The van der Waals surface area contributed by atoms with Crippen molar-refractivity contribution in [3.05, 3.63) is 35.3 Å². The van der Waals surface area contributed by atoms with Gasteiger partial charge in [0.1, 0.15) is 10.8 Å². The molecule has 0 fully saturated rings. The minimum absolute atomic E-state index is 0.0882. The Labute approximate surface area is 135 Å². The Balaban J connectivity index is 1.95. The van der Waals surface area contributed by atoms with Crippen LogP contribution in [0.4, 0.5) is 0 Å². The number of hydrogen-bond donors (Lipinski definition) is 1. The fourth-order valence-corrected chi connectivity index (χ4v) is 2.85. The maximum atomic E-state index is 11.8. The summed E-state index contributed by atoms with van der Waals surface area (Å²) in [5.74, 6) is 0.910. The second-order valence-corrected chi connectivity index (χ2v) is 6.11. The topological polar surface area (TPSA) is 51.2 Å². The fraction of sp³-hybridized carbons (Fsp3) is 0.412. The summed E-state index contributed by atoms with van der Waals surface area (Å²) in [5.41, 5.74) is 2.00. The molecule has 0 saturated heterocycles. The lowest BCUT2D eigenvalue weighted by Crippen LogP contribution is -2.32. The number of aryl methyl sites for hydroxylation is 1. The number of carbonyl (C=O) groups excluding carboxylic acids is 1. The molecule has 1 aromatic heterocycles. The predicted octanol–water partition coefficient (Wildman–Crippen LogP) is 3.67. The molecular formula is C17H22N2O2S. The van der Waals surface area contributed by atoms with Gasteiger partial charge in [-0.3, -0.25) is 4.79 Å². The zero-order valence-corrected chi connectivity index (χ0v) is 14.1. The first-order valence-electron chi connectivity index (χ1n) is 7.50. The summed E-state index contributed by atoms with van der Waals surface area (Å²) in [4.78, 5) is 16.4. The zero-order chi connectivity index (χ0) is 15.9. The van der Waals surface area contributed by atoms with Crippen molar-refractivity contribution in [2.45, 2.75) is 39.2 Å². The van der Waals surface area contributed by atoms with E-state index < -0.39 is 0 Å². The van der Waals surface area contributed by atoms with Crippen LogP contribution < -0.4 is 10.1 Å². The van der Waals surface area contributed by atoms with Gasteiger partial charge in [-0.15, -0.1) is 11.3 Å². The van der Waals surface area contributed by atoms with E-state index in [-0.39, 0.29) is 11.9 Å². The summed E-state index contributed by atoms with van der Waals surface area (Å²) in [5, 5.41) is 5.95. The van der Waals surface area contributed by atoms with Crippen molar-refractivity contribution in [2.24, 2.45) is 0 Å². The minimum atomic E-state index is 0.0882. The van der Waals surface area contributed by atoms with Gasteiger partial charge in [0.2, 0.25) is 5.91 Å². The summed E-state index contributed by atoms with van der Waals surface area (Å²) in [7, 11) is 1.66. The van der Waals surface area contributed by atoms with E-state index in [9.17, 15) is 4.79 Å². The van der Waals surface area contributed by atoms with Crippen LogP contribution in [0, 0.1) is 0 Å². The van der Waals surface area contributed by atoms with Gasteiger partial charge >= 0.3 is 0 Å². The van der Waals surface area contributed by atoms with E-state index in [2.05, 4.69) is 17.2 Å². The Hall–Kier alpha value is -1.88. The van der Waals surface area contributed by atoms with Gasteiger partial charge in [0, 0.05) is 23.4 Å². The number of nitrogens with one attached hydrogen (secondary N) is 1. The molecule has 0 aliphatic carbocycles. The molecule has 1 amide bonds. The van der Waals surface area contributed by atoms with Gasteiger partial charge in [-0.2, -0.15) is 0 Å². The van der Waals surface area contributed by atoms with Crippen molar-refractivity contribution in [3.8, 4) is 16.3 Å². The van der Waals surface area contributed by atoms with Crippen LogP contribution in [-0.2, 0) is 11.2 Å². The largest absolute Gasteiger partial charge is 0.497 e. The summed E-state index contributed by atoms with van der Waals surface area (Å²) >= 11 is 1.59. The van der Waals surface area contributed by atoms with Gasteiger partial charge in [0.25, 0.3) is 0 Å². The van der Waals surface area contributed by atoms with Gasteiger partial charge < -0.3 is 10.1 Å². The van der Waals surface area contributed by atoms with Crippen LogP contribution in [0.3, 0.4) is 0 Å². The summed E-state index contributed by atoms with van der Waals surface area (Å²) in [6.45, 7) is 4.08. The number of hydrogen-bond acceptors (Lipinski definition) is 4. The average molecular weight is 318 g/mol. The van der Waals surface area contributed by atoms with Gasteiger partial charge in [-0.25, -0.2) is 4.98 Å². The maximum absolute atomic E-state index is 11.8. The molecule has 1 heterocycles. The second kappa shape index (κ2) is 7.94. The number of thiazole rings is 1. The molecule has 1 aromatic carbocycles. The maximum Gasteiger partial charge on any atom is 0.220 e. The van der Waals surface area contributed by atoms with Crippen LogP contribution in [0.5, 0.6) is 5.75 Å². The van der Waals surface area contributed by atoms with Crippen molar-refractivity contribution in [3.63, 3.8) is 0 Å². The molecule has 22 heavy (non-hydrogen) atoms. The smallest absolute Gasteiger partial charge is 0.220 e. The highest BCUT2D eigenvalue weighted by atomic mass is 32.1. The van der Waals surface area contributed by atoms with Gasteiger partial charge in [-0.05, 0) is 31.9 Å². The number of ether oxygens (including phenoxy) is 1. The number of nitrogens with zero attached hydrogens (tertiary/aromatic N) is 1. The summed E-state index contributed by atoms with van der Waals surface area (Å²) in [6, 6.07) is 8.08. The number of benzene rings is 1. The summed E-state index contributed by atoms with van der Waals surface area (Å²) < 4.78 is 5.23. The molecule has 0 bridgehead atoms. The minimum Gasteiger partial charge on any atom is -0.497 e. The number of methoxy groups -OCH3 is 1. The second-order valence-electron chi connectivity index (χ2n) is 5.25. The number of carbonyl (C=O) groups is 1. The van der Waals surface area contributed by atoms with Crippen LogP contribution in [0.25, 0.3) is 10.6 Å². The first-order valence-corrected chi connectivity index (χ1v) is 8.38. The normalized spacial score (nSPS) is 12.0. The van der Waals surface area contributed by atoms with E-state index in [0.29, 0.717) is 12.8 Å². The van der Waals surface area contributed by atoms with E-state index in [4.69, 9.17) is 4.74 Å². The molecule has 118 valence electrons. The molecule has 0 spiro atoms. The van der Waals surface area contributed by atoms with E-state index in [0.717, 1.165) is 28.4 Å². The third kappa shape index (κ3) is 4.56. The molecule has 1 atom stereocenters. The molecule has 2 rings (SSSR count). The molecule has 1 unspecified atom stereocenters. The predicted molar refractivity (Wildman–Crippen MR) is 90.3 cm³/mol. The fourth-order valence-electron chi connectivity index (χ4n) is 2.00. The molecule has 0 aliphatic rings. The molecule has 0 aliphatic heterocycles. The first-order chi connectivity index (χ1) is 10.6. The lowest BCUT2D eigenvalue weighted by atomic mass is 10.2. The first kappa shape index (κ1) is 16.5. The lowest BCUT2D eigenvalue weighted by molar-refractivity contribution is -0.121. The highest BCUT2D eigenvalue weighted by Crippen LogP contribution is 2.27. The van der Waals surface area contributed by atoms with Crippen molar-refractivity contribution in [2.75, 3.05) is 7.11 Å². The highest BCUT2D eigenvalue weighted by molar-refractivity contribution is 7.13. The molecule has 2 aromatic rings. The third-order valence-electron chi connectivity index (χ3n) is 3.50. The van der Waals surface area contributed by atoms with Crippen LogP contribution >= 0.6 is 11.3 Å². The van der Waals surface area contributed by atoms with E-state index >= 15 is 0 Å². The molecule has 4 nitrogen and oxygen atoms in total. The van der Waals surface area contributed by atoms with Gasteiger partial charge in [-0.1, -0.05) is 19.1 Å². The Morgan fingerprint density at radius 2 is 2.27 bits per heavy atom. The van der Waals surface area contributed by atoms with E-state index in [1.165, 1.54) is 0 Å². The van der Waals surface area contributed by atoms with Crippen LogP contribution in [0.15, 0.2) is 29.6 Å².